The van der Waals surface area contributed by atoms with Crippen LogP contribution in [0.4, 0.5) is 0 Å². The lowest BCUT2D eigenvalue weighted by atomic mass is 10.2. The summed E-state index contributed by atoms with van der Waals surface area (Å²) in [6, 6.07) is 6.90. The maximum Gasteiger partial charge on any atom is 0.271 e. The van der Waals surface area contributed by atoms with Gasteiger partial charge in [0.1, 0.15) is 17.2 Å². The van der Waals surface area contributed by atoms with Gasteiger partial charge in [-0.3, -0.25) is 9.78 Å². The van der Waals surface area contributed by atoms with E-state index in [0.717, 1.165) is 5.76 Å². The van der Waals surface area contributed by atoms with Gasteiger partial charge in [-0.25, -0.2) is 5.43 Å². The highest BCUT2D eigenvalue weighted by molar-refractivity contribution is 5.99. The van der Waals surface area contributed by atoms with Crippen molar-refractivity contribution in [3.8, 4) is 0 Å². The first-order chi connectivity index (χ1) is 8.66. The molecule has 0 fully saturated rings. The maximum atomic E-state index is 11.7. The van der Waals surface area contributed by atoms with Gasteiger partial charge in [0.05, 0.1) is 0 Å². The van der Waals surface area contributed by atoms with Crippen molar-refractivity contribution < 1.29 is 9.21 Å². The lowest BCUT2D eigenvalue weighted by Gasteiger charge is -2.00. The van der Waals surface area contributed by atoms with Crippen molar-refractivity contribution in [1.82, 2.24) is 10.4 Å². The Labute approximate surface area is 105 Å². The average molecular weight is 243 g/mol. The fourth-order valence-electron chi connectivity index (χ4n) is 1.39. The molecule has 0 unspecified atom stereocenters. The molecule has 5 nitrogen and oxygen atoms in total. The van der Waals surface area contributed by atoms with Crippen molar-refractivity contribution >= 4 is 11.6 Å². The van der Waals surface area contributed by atoms with E-state index in [-0.39, 0.29) is 5.91 Å². The number of aryl methyl sites for hydroxylation is 1. The van der Waals surface area contributed by atoms with Crippen molar-refractivity contribution in [2.75, 3.05) is 0 Å². The van der Waals surface area contributed by atoms with Crippen molar-refractivity contribution in [1.29, 1.82) is 0 Å². The molecule has 0 bridgehead atoms. The number of hydrogen-bond acceptors (Lipinski definition) is 4. The van der Waals surface area contributed by atoms with Gasteiger partial charge in [-0.2, -0.15) is 5.10 Å². The molecule has 2 aromatic rings. The van der Waals surface area contributed by atoms with Crippen LogP contribution in [0, 0.1) is 6.92 Å². The number of hydrogen-bond donors (Lipinski definition) is 1. The molecule has 0 aliphatic carbocycles. The predicted octanol–water partition coefficient (Wildman–Crippen LogP) is 2.14. The van der Waals surface area contributed by atoms with Crippen molar-refractivity contribution in [2.45, 2.75) is 13.8 Å². The van der Waals surface area contributed by atoms with E-state index in [1.54, 1.807) is 31.5 Å². The van der Waals surface area contributed by atoms with Crippen LogP contribution in [0.25, 0.3) is 0 Å². The summed E-state index contributed by atoms with van der Waals surface area (Å²) >= 11 is 0. The molecular formula is C13H13N3O2. The normalized spacial score (nSPS) is 11.3. The molecule has 0 aliphatic heterocycles. The smallest absolute Gasteiger partial charge is 0.271 e. The summed E-state index contributed by atoms with van der Waals surface area (Å²) in [5, 5.41) is 3.99. The third-order valence-corrected chi connectivity index (χ3v) is 2.36. The van der Waals surface area contributed by atoms with Crippen LogP contribution in [0.1, 0.15) is 28.8 Å². The van der Waals surface area contributed by atoms with E-state index in [1.807, 2.05) is 19.1 Å². The van der Waals surface area contributed by atoms with Crippen LogP contribution >= 0.6 is 0 Å². The number of furan rings is 1. The Bertz CT molecular complexity index is 573. The van der Waals surface area contributed by atoms with Gasteiger partial charge in [0.25, 0.3) is 5.91 Å². The first kappa shape index (κ1) is 12.0. The molecule has 92 valence electrons. The molecule has 2 rings (SSSR count). The summed E-state index contributed by atoms with van der Waals surface area (Å²) in [5.41, 5.74) is 3.60. The molecule has 0 aliphatic rings. The van der Waals surface area contributed by atoms with E-state index < -0.39 is 0 Å². The number of nitrogens with zero attached hydrogens (tertiary/aromatic N) is 2. The molecule has 1 amide bonds. The molecule has 0 atom stereocenters. The highest BCUT2D eigenvalue weighted by Gasteiger charge is 2.05. The standard InChI is InChI=1S/C13H13N3O2/c1-9-3-4-12(18-9)10(2)15-16-13(17)11-5-7-14-8-6-11/h3-8H,1-2H3,(H,16,17)/b15-10-. The number of aromatic nitrogens is 1. The SMILES string of the molecule is C/C(=N/NC(=O)c1ccncc1)c1ccc(C)o1. The zero-order chi connectivity index (χ0) is 13.0. The van der Waals surface area contributed by atoms with Gasteiger partial charge in [-0.15, -0.1) is 0 Å². The quantitative estimate of drug-likeness (QED) is 0.663. The Morgan fingerprint density at radius 3 is 2.61 bits per heavy atom. The van der Waals surface area contributed by atoms with Crippen LogP contribution in [-0.4, -0.2) is 16.6 Å². The van der Waals surface area contributed by atoms with E-state index >= 15 is 0 Å². The van der Waals surface area contributed by atoms with Crippen LogP contribution in [0.3, 0.4) is 0 Å². The third-order valence-electron chi connectivity index (χ3n) is 2.36. The molecule has 1 N–H and O–H groups in total. The number of amides is 1. The van der Waals surface area contributed by atoms with Crippen LogP contribution in [0.15, 0.2) is 46.2 Å². The Balaban J connectivity index is 2.05. The number of nitrogens with one attached hydrogen (secondary N) is 1. The molecular weight excluding hydrogens is 230 g/mol. The molecule has 2 heterocycles. The van der Waals surface area contributed by atoms with Crippen molar-refractivity contribution in [3.63, 3.8) is 0 Å². The van der Waals surface area contributed by atoms with E-state index in [2.05, 4.69) is 15.5 Å². The van der Waals surface area contributed by atoms with Crippen molar-refractivity contribution in [2.24, 2.45) is 5.10 Å². The van der Waals surface area contributed by atoms with Crippen LogP contribution < -0.4 is 5.43 Å². The molecule has 2 aromatic heterocycles. The number of carbonyl (C=O) groups excluding carboxylic acids is 1. The lowest BCUT2D eigenvalue weighted by molar-refractivity contribution is 0.0954. The predicted molar refractivity (Wildman–Crippen MR) is 67.4 cm³/mol. The molecule has 0 saturated carbocycles. The van der Waals surface area contributed by atoms with Crippen LogP contribution in [0.2, 0.25) is 0 Å². The van der Waals surface area contributed by atoms with Crippen LogP contribution in [0.5, 0.6) is 0 Å². The molecule has 18 heavy (non-hydrogen) atoms. The molecule has 0 radical (unpaired) electrons. The Kier molecular flexibility index (Phi) is 3.52. The average Bonchev–Trinajstić information content (AvgIpc) is 2.83. The highest BCUT2D eigenvalue weighted by Crippen LogP contribution is 2.07. The van der Waals surface area contributed by atoms with Crippen molar-refractivity contribution in [3.05, 3.63) is 53.7 Å². The zero-order valence-corrected chi connectivity index (χ0v) is 10.2. The molecule has 0 aromatic carbocycles. The minimum absolute atomic E-state index is 0.278. The topological polar surface area (TPSA) is 67.5 Å². The number of pyridine rings is 1. The Morgan fingerprint density at radius 2 is 2.00 bits per heavy atom. The first-order valence-electron chi connectivity index (χ1n) is 5.48. The van der Waals surface area contributed by atoms with Gasteiger partial charge in [-0.05, 0) is 38.1 Å². The van der Waals surface area contributed by atoms with Gasteiger partial charge in [0.15, 0.2) is 0 Å². The number of carbonyl (C=O) groups is 1. The summed E-state index contributed by atoms with van der Waals surface area (Å²) in [4.78, 5) is 15.6. The zero-order valence-electron chi connectivity index (χ0n) is 10.2. The van der Waals surface area contributed by atoms with E-state index in [0.29, 0.717) is 17.0 Å². The monoisotopic (exact) mass is 243 g/mol. The molecule has 0 spiro atoms. The second kappa shape index (κ2) is 5.27. The lowest BCUT2D eigenvalue weighted by Crippen LogP contribution is -2.19. The summed E-state index contributed by atoms with van der Waals surface area (Å²) in [6.07, 6.45) is 3.11. The van der Waals surface area contributed by atoms with E-state index in [9.17, 15) is 4.79 Å². The minimum Gasteiger partial charge on any atom is -0.460 e. The van der Waals surface area contributed by atoms with Gasteiger partial charge in [0, 0.05) is 18.0 Å². The second-order valence-electron chi connectivity index (χ2n) is 3.78. The van der Waals surface area contributed by atoms with Gasteiger partial charge < -0.3 is 4.42 Å². The Hall–Kier alpha value is -2.43. The Morgan fingerprint density at radius 1 is 1.28 bits per heavy atom. The van der Waals surface area contributed by atoms with E-state index in [1.165, 1.54) is 0 Å². The minimum atomic E-state index is -0.278. The number of hydrazone groups is 1. The second-order valence-corrected chi connectivity index (χ2v) is 3.78. The maximum absolute atomic E-state index is 11.7. The van der Waals surface area contributed by atoms with Gasteiger partial charge >= 0.3 is 0 Å². The summed E-state index contributed by atoms with van der Waals surface area (Å²) in [5.74, 6) is 1.17. The largest absolute Gasteiger partial charge is 0.460 e. The molecule has 5 heteroatoms. The summed E-state index contributed by atoms with van der Waals surface area (Å²) in [7, 11) is 0. The molecule has 0 saturated heterocycles. The van der Waals surface area contributed by atoms with Gasteiger partial charge in [-0.1, -0.05) is 0 Å². The summed E-state index contributed by atoms with van der Waals surface area (Å²) < 4.78 is 5.39. The number of rotatable bonds is 3. The van der Waals surface area contributed by atoms with E-state index in [4.69, 9.17) is 4.42 Å². The first-order valence-corrected chi connectivity index (χ1v) is 5.48. The van der Waals surface area contributed by atoms with Crippen LogP contribution in [-0.2, 0) is 0 Å². The fourth-order valence-corrected chi connectivity index (χ4v) is 1.39. The van der Waals surface area contributed by atoms with Gasteiger partial charge in [0.2, 0.25) is 0 Å². The highest BCUT2D eigenvalue weighted by atomic mass is 16.3. The fraction of sp³-hybridized carbons (Fsp3) is 0.154. The third kappa shape index (κ3) is 2.82. The summed E-state index contributed by atoms with van der Waals surface area (Å²) in [6.45, 7) is 3.62.